The van der Waals surface area contributed by atoms with Crippen LogP contribution in [0.3, 0.4) is 0 Å². The summed E-state index contributed by atoms with van der Waals surface area (Å²) in [6.07, 6.45) is 0. The summed E-state index contributed by atoms with van der Waals surface area (Å²) in [6.45, 7) is 4.30. The smallest absolute Gasteiger partial charge is 0.260 e. The Balaban J connectivity index is 1.63. The minimum atomic E-state index is -0.367. The van der Waals surface area contributed by atoms with Gasteiger partial charge in [-0.3, -0.25) is 14.6 Å². The van der Waals surface area contributed by atoms with Gasteiger partial charge < -0.3 is 9.47 Å². The summed E-state index contributed by atoms with van der Waals surface area (Å²) in [5, 5.41) is 0.621. The van der Waals surface area contributed by atoms with Crippen molar-refractivity contribution in [3.05, 3.63) is 53.8 Å². The summed E-state index contributed by atoms with van der Waals surface area (Å²) in [5.74, 6) is 0.164. The summed E-state index contributed by atoms with van der Waals surface area (Å²) in [4.78, 5) is 21.9. The van der Waals surface area contributed by atoms with E-state index in [4.69, 9.17) is 9.47 Å². The Morgan fingerprint density at radius 3 is 2.72 bits per heavy atom. The fourth-order valence-electron chi connectivity index (χ4n) is 3.24. The molecule has 1 amide bonds. The van der Waals surface area contributed by atoms with Crippen molar-refractivity contribution < 1.29 is 18.7 Å². The molecule has 0 radical (unpaired) electrons. The van der Waals surface area contributed by atoms with Crippen molar-refractivity contribution in [3.63, 3.8) is 0 Å². The van der Waals surface area contributed by atoms with E-state index in [0.717, 1.165) is 35.6 Å². The van der Waals surface area contributed by atoms with E-state index in [-0.39, 0.29) is 11.7 Å². The number of carbonyl (C=O) groups excluding carboxylic acids is 1. The van der Waals surface area contributed by atoms with Gasteiger partial charge in [-0.1, -0.05) is 11.3 Å². The lowest BCUT2D eigenvalue weighted by atomic mass is 10.2. The van der Waals surface area contributed by atoms with Gasteiger partial charge in [-0.15, -0.1) is 0 Å². The van der Waals surface area contributed by atoms with Crippen molar-refractivity contribution in [2.24, 2.45) is 0 Å². The molecule has 29 heavy (non-hydrogen) atoms. The molecule has 2 aromatic carbocycles. The number of rotatable bonds is 6. The number of aromatic nitrogens is 1. The quantitative estimate of drug-likeness (QED) is 0.618. The number of hydrogen-bond acceptors (Lipinski definition) is 6. The van der Waals surface area contributed by atoms with Gasteiger partial charge in [-0.2, -0.15) is 0 Å². The van der Waals surface area contributed by atoms with Crippen molar-refractivity contribution in [1.29, 1.82) is 0 Å². The second-order valence-electron chi connectivity index (χ2n) is 6.75. The molecule has 1 aliphatic heterocycles. The van der Waals surface area contributed by atoms with Crippen LogP contribution >= 0.6 is 11.3 Å². The zero-order valence-corrected chi connectivity index (χ0v) is 17.0. The normalized spacial score (nSPS) is 14.8. The highest BCUT2D eigenvalue weighted by Gasteiger charge is 2.23. The number of methoxy groups -OCH3 is 1. The van der Waals surface area contributed by atoms with Gasteiger partial charge in [0.1, 0.15) is 11.6 Å². The first-order chi connectivity index (χ1) is 14.1. The second kappa shape index (κ2) is 8.86. The first kappa shape index (κ1) is 19.8. The van der Waals surface area contributed by atoms with Crippen LogP contribution in [0.4, 0.5) is 9.52 Å². The first-order valence-electron chi connectivity index (χ1n) is 9.46. The lowest BCUT2D eigenvalue weighted by molar-refractivity contribution is 0.0391. The summed E-state index contributed by atoms with van der Waals surface area (Å²) in [7, 11) is 1.61. The van der Waals surface area contributed by atoms with E-state index in [1.54, 1.807) is 12.0 Å². The van der Waals surface area contributed by atoms with E-state index in [2.05, 4.69) is 9.88 Å². The molecule has 8 heteroatoms. The first-order valence-corrected chi connectivity index (χ1v) is 10.3. The zero-order chi connectivity index (χ0) is 20.2. The number of hydrogen-bond donors (Lipinski definition) is 0. The highest BCUT2D eigenvalue weighted by Crippen LogP contribution is 2.32. The molecule has 1 aromatic heterocycles. The zero-order valence-electron chi connectivity index (χ0n) is 16.1. The van der Waals surface area contributed by atoms with Crippen LogP contribution in [0.25, 0.3) is 10.2 Å². The number of ether oxygens (including phenoxy) is 2. The topological polar surface area (TPSA) is 54.9 Å². The van der Waals surface area contributed by atoms with Gasteiger partial charge in [0.25, 0.3) is 5.91 Å². The molecular weight excluding hydrogens is 393 g/mol. The number of anilines is 1. The number of halogens is 1. The van der Waals surface area contributed by atoms with Crippen molar-refractivity contribution in [2.45, 2.75) is 0 Å². The molecule has 3 aromatic rings. The van der Waals surface area contributed by atoms with Crippen molar-refractivity contribution >= 4 is 32.6 Å². The molecule has 1 saturated heterocycles. The Bertz CT molecular complexity index is 987. The van der Waals surface area contributed by atoms with Gasteiger partial charge in [-0.25, -0.2) is 9.37 Å². The van der Waals surface area contributed by atoms with Crippen LogP contribution in [-0.4, -0.2) is 62.3 Å². The Morgan fingerprint density at radius 1 is 1.24 bits per heavy atom. The predicted molar refractivity (Wildman–Crippen MR) is 112 cm³/mol. The molecule has 152 valence electrons. The molecule has 0 spiro atoms. The van der Waals surface area contributed by atoms with Crippen LogP contribution in [0.2, 0.25) is 0 Å². The molecule has 0 unspecified atom stereocenters. The van der Waals surface area contributed by atoms with Crippen LogP contribution in [0.5, 0.6) is 5.75 Å². The number of amides is 1. The average molecular weight is 415 g/mol. The number of nitrogens with zero attached hydrogens (tertiary/aromatic N) is 3. The highest BCUT2D eigenvalue weighted by molar-refractivity contribution is 7.22. The third kappa shape index (κ3) is 4.55. The third-order valence-electron chi connectivity index (χ3n) is 4.89. The highest BCUT2D eigenvalue weighted by atomic mass is 32.1. The standard InChI is InChI=1S/C21H22FN3O3S/c1-27-17-6-7-19-18(14-17)23-21(29-19)25(9-8-24-10-12-28-13-11-24)20(26)15-2-4-16(22)5-3-15/h2-7,14H,8-13H2,1H3. The largest absolute Gasteiger partial charge is 0.497 e. The molecule has 2 heterocycles. The third-order valence-corrected chi connectivity index (χ3v) is 5.95. The molecule has 0 saturated carbocycles. The van der Waals surface area contributed by atoms with Crippen LogP contribution in [0.15, 0.2) is 42.5 Å². The van der Waals surface area contributed by atoms with E-state index >= 15 is 0 Å². The van der Waals surface area contributed by atoms with Gasteiger partial charge in [0.2, 0.25) is 0 Å². The maximum atomic E-state index is 13.3. The number of thiazole rings is 1. The van der Waals surface area contributed by atoms with Crippen molar-refractivity contribution in [2.75, 3.05) is 51.4 Å². The monoisotopic (exact) mass is 415 g/mol. The number of morpholine rings is 1. The number of benzene rings is 2. The van der Waals surface area contributed by atoms with Crippen molar-refractivity contribution in [3.8, 4) is 5.75 Å². The Labute approximate surface area is 172 Å². The summed E-state index contributed by atoms with van der Waals surface area (Å²) < 4.78 is 25.0. The molecular formula is C21H22FN3O3S. The van der Waals surface area contributed by atoms with Crippen molar-refractivity contribution in [1.82, 2.24) is 9.88 Å². The minimum Gasteiger partial charge on any atom is -0.497 e. The van der Waals surface area contributed by atoms with Gasteiger partial charge in [0.15, 0.2) is 5.13 Å². The maximum absolute atomic E-state index is 13.3. The summed E-state index contributed by atoms with van der Waals surface area (Å²) in [6, 6.07) is 11.3. The maximum Gasteiger partial charge on any atom is 0.260 e. The second-order valence-corrected chi connectivity index (χ2v) is 7.76. The number of carbonyl (C=O) groups is 1. The molecule has 1 aliphatic rings. The van der Waals surface area contributed by atoms with Gasteiger partial charge in [-0.05, 0) is 36.4 Å². The van der Waals surface area contributed by atoms with E-state index in [9.17, 15) is 9.18 Å². The molecule has 4 rings (SSSR count). The Kier molecular flexibility index (Phi) is 6.03. The van der Waals surface area contributed by atoms with E-state index < -0.39 is 0 Å². The Morgan fingerprint density at radius 2 is 2.00 bits per heavy atom. The fraction of sp³-hybridized carbons (Fsp3) is 0.333. The van der Waals surface area contributed by atoms with Gasteiger partial charge in [0, 0.05) is 37.8 Å². The van der Waals surface area contributed by atoms with Crippen LogP contribution in [0.1, 0.15) is 10.4 Å². The summed E-state index contributed by atoms with van der Waals surface area (Å²) >= 11 is 1.46. The fourth-order valence-corrected chi connectivity index (χ4v) is 4.21. The van der Waals surface area contributed by atoms with Gasteiger partial charge >= 0.3 is 0 Å². The SMILES string of the molecule is COc1ccc2sc(N(CCN3CCOCC3)C(=O)c3ccc(F)cc3)nc2c1. The van der Waals surface area contributed by atoms with Crippen LogP contribution in [0, 0.1) is 5.82 Å². The van der Waals surface area contributed by atoms with E-state index in [1.807, 2.05) is 18.2 Å². The molecule has 0 aliphatic carbocycles. The van der Waals surface area contributed by atoms with E-state index in [1.165, 1.54) is 35.6 Å². The predicted octanol–water partition coefficient (Wildman–Crippen LogP) is 3.42. The molecule has 0 atom stereocenters. The average Bonchev–Trinajstić information content (AvgIpc) is 3.17. The number of fused-ring (bicyclic) bond motifs is 1. The molecule has 0 N–H and O–H groups in total. The lowest BCUT2D eigenvalue weighted by Crippen LogP contribution is -2.43. The molecule has 1 fully saturated rings. The molecule has 6 nitrogen and oxygen atoms in total. The van der Waals surface area contributed by atoms with E-state index in [0.29, 0.717) is 30.5 Å². The van der Waals surface area contributed by atoms with Gasteiger partial charge in [0.05, 0.1) is 30.5 Å². The summed E-state index contributed by atoms with van der Waals surface area (Å²) in [5.41, 5.74) is 1.22. The van der Waals surface area contributed by atoms with Crippen LogP contribution < -0.4 is 9.64 Å². The Hall–Kier alpha value is -2.55. The van der Waals surface area contributed by atoms with Crippen LogP contribution in [-0.2, 0) is 4.74 Å². The minimum absolute atomic E-state index is 0.190. The lowest BCUT2D eigenvalue weighted by Gasteiger charge is -2.29. The molecule has 0 bridgehead atoms.